The van der Waals surface area contributed by atoms with E-state index in [1.165, 1.54) is 29.3 Å². The van der Waals surface area contributed by atoms with Crippen molar-refractivity contribution in [3.05, 3.63) is 24.3 Å². The number of hydrogen-bond donors (Lipinski definition) is 1. The van der Waals surface area contributed by atoms with E-state index in [2.05, 4.69) is 27.6 Å². The van der Waals surface area contributed by atoms with E-state index in [-0.39, 0.29) is 5.91 Å². The first-order valence-corrected chi connectivity index (χ1v) is 8.73. The molecule has 3 aromatic rings. The summed E-state index contributed by atoms with van der Waals surface area (Å²) in [6, 6.07) is 8.15. The van der Waals surface area contributed by atoms with Gasteiger partial charge in [0.1, 0.15) is 0 Å². The summed E-state index contributed by atoms with van der Waals surface area (Å²) in [6.45, 7) is 0.815. The first kappa shape index (κ1) is 13.1. The standard InChI is InChI=1S/C14H14N4OS2/c19-12(15-7-9-5-6-9)8-20-13-16-17-14-18(13)10-3-1-2-4-11(10)21-14/h1-4,9H,5-8H2,(H,15,19). The number of nitrogens with one attached hydrogen (secondary N) is 1. The number of carbonyl (C=O) groups excluding carboxylic acids is 1. The van der Waals surface area contributed by atoms with Crippen molar-refractivity contribution in [1.82, 2.24) is 19.9 Å². The van der Waals surface area contributed by atoms with E-state index >= 15 is 0 Å². The molecule has 4 rings (SSSR count). The number of fused-ring (bicyclic) bond motifs is 3. The van der Waals surface area contributed by atoms with Crippen molar-refractivity contribution in [3.63, 3.8) is 0 Å². The number of thiazole rings is 1. The van der Waals surface area contributed by atoms with Crippen molar-refractivity contribution >= 4 is 44.2 Å². The molecular formula is C14H14N4OS2. The van der Waals surface area contributed by atoms with Crippen LogP contribution in [0.5, 0.6) is 0 Å². The maximum absolute atomic E-state index is 11.8. The molecule has 0 bridgehead atoms. The summed E-state index contributed by atoms with van der Waals surface area (Å²) in [6.07, 6.45) is 2.50. The Labute approximate surface area is 129 Å². The lowest BCUT2D eigenvalue weighted by atomic mass is 10.3. The molecule has 21 heavy (non-hydrogen) atoms. The van der Waals surface area contributed by atoms with E-state index in [0.717, 1.165) is 22.2 Å². The van der Waals surface area contributed by atoms with Gasteiger partial charge in [-0.2, -0.15) is 0 Å². The van der Waals surface area contributed by atoms with E-state index in [0.29, 0.717) is 11.7 Å². The molecule has 2 aromatic heterocycles. The number of rotatable bonds is 5. The molecule has 1 amide bonds. The molecule has 1 aliphatic carbocycles. The van der Waals surface area contributed by atoms with Crippen LogP contribution < -0.4 is 5.32 Å². The van der Waals surface area contributed by atoms with Crippen LogP contribution in [-0.4, -0.2) is 32.8 Å². The maximum Gasteiger partial charge on any atom is 0.230 e. The Morgan fingerprint density at radius 1 is 1.38 bits per heavy atom. The molecule has 0 saturated heterocycles. The Balaban J connectivity index is 1.51. The highest BCUT2D eigenvalue weighted by Gasteiger charge is 2.21. The highest BCUT2D eigenvalue weighted by molar-refractivity contribution is 7.99. The highest BCUT2D eigenvalue weighted by atomic mass is 32.2. The van der Waals surface area contributed by atoms with Gasteiger partial charge in [0.15, 0.2) is 5.16 Å². The SMILES string of the molecule is O=C(CSc1nnc2sc3ccccc3n12)NCC1CC1. The first-order chi connectivity index (χ1) is 10.3. The zero-order valence-electron chi connectivity index (χ0n) is 11.3. The average Bonchev–Trinajstić information content (AvgIpc) is 3.13. The molecule has 0 spiro atoms. The third-order valence-electron chi connectivity index (χ3n) is 3.53. The van der Waals surface area contributed by atoms with Crippen molar-refractivity contribution in [2.45, 2.75) is 18.0 Å². The molecule has 0 unspecified atom stereocenters. The molecular weight excluding hydrogens is 304 g/mol. The summed E-state index contributed by atoms with van der Waals surface area (Å²) < 4.78 is 3.21. The topological polar surface area (TPSA) is 59.3 Å². The quantitative estimate of drug-likeness (QED) is 0.735. The zero-order chi connectivity index (χ0) is 14.2. The second-order valence-electron chi connectivity index (χ2n) is 5.21. The van der Waals surface area contributed by atoms with Crippen molar-refractivity contribution in [1.29, 1.82) is 0 Å². The number of aromatic nitrogens is 3. The Hall–Kier alpha value is -1.60. The molecule has 0 aliphatic heterocycles. The molecule has 1 fully saturated rings. The summed E-state index contributed by atoms with van der Waals surface area (Å²) >= 11 is 3.05. The minimum absolute atomic E-state index is 0.0724. The van der Waals surface area contributed by atoms with E-state index in [1.807, 2.05) is 16.5 Å². The number of benzene rings is 1. The van der Waals surface area contributed by atoms with Crippen LogP contribution in [0.3, 0.4) is 0 Å². The lowest BCUT2D eigenvalue weighted by molar-refractivity contribution is -0.118. The molecule has 0 atom stereocenters. The second kappa shape index (κ2) is 5.31. The third-order valence-corrected chi connectivity index (χ3v) is 5.47. The number of carbonyl (C=O) groups is 1. The molecule has 108 valence electrons. The smallest absolute Gasteiger partial charge is 0.230 e. The Morgan fingerprint density at radius 2 is 2.24 bits per heavy atom. The summed E-state index contributed by atoms with van der Waals surface area (Å²) in [5.74, 6) is 1.17. The number of para-hydroxylation sites is 1. The highest BCUT2D eigenvalue weighted by Crippen LogP contribution is 2.29. The first-order valence-electron chi connectivity index (χ1n) is 6.93. The van der Waals surface area contributed by atoms with Crippen LogP contribution in [-0.2, 0) is 4.79 Å². The second-order valence-corrected chi connectivity index (χ2v) is 7.16. The fourth-order valence-electron chi connectivity index (χ4n) is 2.21. The van der Waals surface area contributed by atoms with E-state index < -0.39 is 0 Å². The number of amides is 1. The molecule has 1 aliphatic rings. The predicted molar refractivity (Wildman–Crippen MR) is 84.8 cm³/mol. The van der Waals surface area contributed by atoms with Crippen LogP contribution in [0, 0.1) is 5.92 Å². The summed E-state index contributed by atoms with van der Waals surface area (Å²) in [4.78, 5) is 12.7. The van der Waals surface area contributed by atoms with Gasteiger partial charge < -0.3 is 5.32 Å². The largest absolute Gasteiger partial charge is 0.355 e. The van der Waals surface area contributed by atoms with Crippen molar-refractivity contribution in [2.75, 3.05) is 12.3 Å². The number of thioether (sulfide) groups is 1. The molecule has 5 nitrogen and oxygen atoms in total. The molecule has 1 saturated carbocycles. The van der Waals surface area contributed by atoms with Crippen LogP contribution in [0.15, 0.2) is 29.4 Å². The van der Waals surface area contributed by atoms with Gasteiger partial charge in [-0.1, -0.05) is 35.2 Å². The van der Waals surface area contributed by atoms with E-state index in [9.17, 15) is 4.79 Å². The van der Waals surface area contributed by atoms with Crippen molar-refractivity contribution < 1.29 is 4.79 Å². The minimum Gasteiger partial charge on any atom is -0.355 e. The number of hydrogen-bond acceptors (Lipinski definition) is 5. The molecule has 0 radical (unpaired) electrons. The molecule has 1 aromatic carbocycles. The summed E-state index contributed by atoms with van der Waals surface area (Å²) in [5, 5.41) is 12.1. The van der Waals surface area contributed by atoms with E-state index in [4.69, 9.17) is 0 Å². The van der Waals surface area contributed by atoms with Crippen LogP contribution in [0.2, 0.25) is 0 Å². The van der Waals surface area contributed by atoms with Gasteiger partial charge in [0, 0.05) is 6.54 Å². The van der Waals surface area contributed by atoms with Crippen LogP contribution in [0.4, 0.5) is 0 Å². The van der Waals surface area contributed by atoms with Crippen LogP contribution in [0.25, 0.3) is 15.2 Å². The Kier molecular flexibility index (Phi) is 3.31. The molecule has 7 heteroatoms. The van der Waals surface area contributed by atoms with Gasteiger partial charge in [-0.25, -0.2) is 0 Å². The lowest BCUT2D eigenvalue weighted by Crippen LogP contribution is -2.27. The van der Waals surface area contributed by atoms with Gasteiger partial charge >= 0.3 is 0 Å². The average molecular weight is 318 g/mol. The van der Waals surface area contributed by atoms with Gasteiger partial charge in [-0.05, 0) is 30.9 Å². The zero-order valence-corrected chi connectivity index (χ0v) is 12.9. The molecule has 2 heterocycles. The van der Waals surface area contributed by atoms with Gasteiger partial charge in [0.25, 0.3) is 0 Å². The minimum atomic E-state index is 0.0724. The lowest BCUT2D eigenvalue weighted by Gasteiger charge is -2.02. The van der Waals surface area contributed by atoms with E-state index in [1.54, 1.807) is 11.3 Å². The fraction of sp³-hybridized carbons (Fsp3) is 0.357. The van der Waals surface area contributed by atoms with Crippen LogP contribution >= 0.6 is 23.1 Å². The monoisotopic (exact) mass is 318 g/mol. The van der Waals surface area contributed by atoms with Crippen molar-refractivity contribution in [2.24, 2.45) is 5.92 Å². The Morgan fingerprint density at radius 3 is 3.10 bits per heavy atom. The van der Waals surface area contributed by atoms with Gasteiger partial charge in [0.2, 0.25) is 10.9 Å². The normalized spacial score (nSPS) is 14.9. The van der Waals surface area contributed by atoms with Gasteiger partial charge in [-0.15, -0.1) is 10.2 Å². The number of nitrogens with zero attached hydrogens (tertiary/aromatic N) is 3. The van der Waals surface area contributed by atoms with Crippen LogP contribution in [0.1, 0.15) is 12.8 Å². The van der Waals surface area contributed by atoms with Gasteiger partial charge in [-0.3, -0.25) is 9.20 Å². The van der Waals surface area contributed by atoms with Gasteiger partial charge in [0.05, 0.1) is 16.0 Å². The molecule has 1 N–H and O–H groups in total. The fourth-order valence-corrected chi connectivity index (χ4v) is 4.01. The maximum atomic E-state index is 11.8. The Bertz CT molecular complexity index is 806. The third kappa shape index (κ3) is 2.63. The predicted octanol–water partition coefficient (Wildman–Crippen LogP) is 2.56. The summed E-state index contributed by atoms with van der Waals surface area (Å²) in [7, 11) is 0. The summed E-state index contributed by atoms with van der Waals surface area (Å²) in [5.41, 5.74) is 1.10. The van der Waals surface area contributed by atoms with Crippen molar-refractivity contribution in [3.8, 4) is 0 Å².